The van der Waals surface area contributed by atoms with E-state index in [9.17, 15) is 10.2 Å². The normalized spacial score (nSPS) is 12.4. The minimum absolute atomic E-state index is 0.340. The second-order valence-corrected chi connectivity index (χ2v) is 17.6. The van der Waals surface area contributed by atoms with Gasteiger partial charge in [-0.3, -0.25) is 0 Å². The summed E-state index contributed by atoms with van der Waals surface area (Å²) in [6.45, 7) is 4.56. The zero-order valence-electron chi connectivity index (χ0n) is 35.7. The Balaban J connectivity index is 1.16. The summed E-state index contributed by atoms with van der Waals surface area (Å²) >= 11 is 0. The first-order chi connectivity index (χ1) is 29.0. The minimum atomic E-state index is 0.340. The summed E-state index contributed by atoms with van der Waals surface area (Å²) < 4.78 is 0. The topological polar surface area (TPSA) is 40.5 Å². The van der Waals surface area contributed by atoms with Gasteiger partial charge in [-0.1, -0.05) is 188 Å². The smallest absolute Gasteiger partial charge is 0.126 e. The van der Waals surface area contributed by atoms with Gasteiger partial charge < -0.3 is 10.2 Å². The fraction of sp³-hybridized carbons (Fsp3) is 0.368. The summed E-state index contributed by atoms with van der Waals surface area (Å²) in [5.74, 6) is 0.680. The monoisotopic (exact) mass is 780 g/mol. The molecule has 2 aliphatic carbocycles. The van der Waals surface area contributed by atoms with Crippen LogP contribution >= 0.6 is 0 Å². The van der Waals surface area contributed by atoms with Crippen LogP contribution in [0.1, 0.15) is 148 Å². The molecule has 8 rings (SSSR count). The Morgan fingerprint density at radius 2 is 0.729 bits per heavy atom. The van der Waals surface area contributed by atoms with Crippen LogP contribution in [0.5, 0.6) is 11.5 Å². The van der Waals surface area contributed by atoms with Crippen molar-refractivity contribution in [2.75, 3.05) is 0 Å². The third-order valence-corrected chi connectivity index (χ3v) is 13.3. The van der Waals surface area contributed by atoms with Crippen LogP contribution in [-0.2, 0) is 32.1 Å². The van der Waals surface area contributed by atoms with Gasteiger partial charge in [0.1, 0.15) is 11.5 Å². The zero-order valence-corrected chi connectivity index (χ0v) is 35.7. The van der Waals surface area contributed by atoms with E-state index in [2.05, 4.69) is 123 Å². The quantitative estimate of drug-likeness (QED) is 0.0756. The Labute approximate surface area is 354 Å². The maximum atomic E-state index is 12.4. The lowest BCUT2D eigenvalue weighted by Gasteiger charge is -2.19. The SMILES string of the molecule is CCCCCCCCCc1cc(Cc2cc(CCCCCCCCC)cc(-c3cccc4c3Cc3ccccc3-4)c2O)c(O)c(-c2cccc3c2Cc2ccccc2-3)c1. The highest BCUT2D eigenvalue weighted by Gasteiger charge is 2.26. The number of unbranched alkanes of at least 4 members (excludes halogenated alkanes) is 12. The number of hydrogen-bond donors (Lipinski definition) is 2. The third kappa shape index (κ3) is 9.08. The largest absolute Gasteiger partial charge is 0.507 e. The van der Waals surface area contributed by atoms with Crippen molar-refractivity contribution < 1.29 is 10.2 Å². The molecule has 0 fully saturated rings. The maximum Gasteiger partial charge on any atom is 0.126 e. The fourth-order valence-electron chi connectivity index (χ4n) is 10.1. The molecule has 0 heterocycles. The molecule has 0 aromatic heterocycles. The van der Waals surface area contributed by atoms with Gasteiger partial charge in [0, 0.05) is 17.5 Å². The van der Waals surface area contributed by atoms with E-state index in [0.717, 1.165) is 71.9 Å². The number of aromatic hydroxyl groups is 2. The van der Waals surface area contributed by atoms with Gasteiger partial charge in [-0.05, 0) is 129 Å². The molecule has 0 saturated carbocycles. The van der Waals surface area contributed by atoms with E-state index in [4.69, 9.17) is 0 Å². The van der Waals surface area contributed by atoms with E-state index >= 15 is 0 Å². The van der Waals surface area contributed by atoms with Crippen LogP contribution in [0.3, 0.4) is 0 Å². The molecule has 0 atom stereocenters. The zero-order chi connectivity index (χ0) is 40.6. The predicted octanol–water partition coefficient (Wildman–Crippen LogP) is 15.8. The standard InChI is InChI=1S/C57H64O2/c1-3-5-7-9-11-13-15-23-40-33-44(56(58)54(35-40)50-31-21-29-48-46-27-19-17-25-42(46)38-52(48)50)37-45-34-41(24-16-14-12-10-8-6-4-2)36-55(57(45)59)51-32-22-30-49-47-28-20-18-26-43(47)39-53(49)51/h17-22,25-36,58-59H,3-16,23-24,37-39H2,1-2H3. The van der Waals surface area contributed by atoms with Crippen LogP contribution in [-0.4, -0.2) is 10.2 Å². The highest BCUT2D eigenvalue weighted by atomic mass is 16.3. The number of phenolic OH excluding ortho intramolecular Hbond substituents is 2. The summed E-state index contributed by atoms with van der Waals surface area (Å²) in [5, 5.41) is 24.8. The van der Waals surface area contributed by atoms with Gasteiger partial charge in [-0.15, -0.1) is 0 Å². The molecule has 0 spiro atoms. The summed E-state index contributed by atoms with van der Waals surface area (Å²) in [5.41, 5.74) is 18.8. The van der Waals surface area contributed by atoms with Crippen LogP contribution in [0.15, 0.2) is 109 Å². The van der Waals surface area contributed by atoms with E-state index in [1.165, 1.54) is 133 Å². The molecule has 0 amide bonds. The molecule has 6 aromatic rings. The molecule has 59 heavy (non-hydrogen) atoms. The Bertz CT molecular complexity index is 2210. The second kappa shape index (κ2) is 19.3. The van der Waals surface area contributed by atoms with Crippen molar-refractivity contribution >= 4 is 0 Å². The number of phenols is 2. The maximum absolute atomic E-state index is 12.4. The first-order valence-electron chi connectivity index (χ1n) is 23.1. The van der Waals surface area contributed by atoms with Crippen molar-refractivity contribution in [2.45, 2.75) is 136 Å². The van der Waals surface area contributed by atoms with E-state index < -0.39 is 0 Å². The van der Waals surface area contributed by atoms with Crippen LogP contribution in [0.2, 0.25) is 0 Å². The summed E-state index contributed by atoms with van der Waals surface area (Å²) in [4.78, 5) is 0. The molecule has 0 radical (unpaired) electrons. The molecule has 304 valence electrons. The number of benzene rings is 6. The number of aryl methyl sites for hydroxylation is 2. The van der Waals surface area contributed by atoms with Crippen LogP contribution in [0.4, 0.5) is 0 Å². The highest BCUT2D eigenvalue weighted by Crippen LogP contribution is 2.47. The molecule has 2 heteroatoms. The Morgan fingerprint density at radius 1 is 0.373 bits per heavy atom. The summed E-state index contributed by atoms with van der Waals surface area (Å²) in [6.07, 6.45) is 21.9. The Kier molecular flexibility index (Phi) is 13.3. The van der Waals surface area contributed by atoms with Crippen LogP contribution < -0.4 is 0 Å². The minimum Gasteiger partial charge on any atom is -0.507 e. The van der Waals surface area contributed by atoms with Crippen molar-refractivity contribution in [2.24, 2.45) is 0 Å². The van der Waals surface area contributed by atoms with E-state index in [1.54, 1.807) is 0 Å². The van der Waals surface area contributed by atoms with Crippen molar-refractivity contribution in [3.05, 3.63) is 154 Å². The predicted molar refractivity (Wildman–Crippen MR) is 250 cm³/mol. The molecule has 2 N–H and O–H groups in total. The van der Waals surface area contributed by atoms with E-state index in [-0.39, 0.29) is 0 Å². The lowest BCUT2D eigenvalue weighted by Crippen LogP contribution is -2.00. The van der Waals surface area contributed by atoms with Gasteiger partial charge in [0.2, 0.25) is 0 Å². The number of rotatable bonds is 20. The van der Waals surface area contributed by atoms with E-state index in [0.29, 0.717) is 17.9 Å². The Hall–Kier alpha value is -5.08. The Morgan fingerprint density at radius 3 is 1.15 bits per heavy atom. The molecule has 0 unspecified atom stereocenters. The third-order valence-electron chi connectivity index (χ3n) is 13.3. The summed E-state index contributed by atoms with van der Waals surface area (Å²) in [7, 11) is 0. The number of hydrogen-bond acceptors (Lipinski definition) is 2. The van der Waals surface area contributed by atoms with Crippen molar-refractivity contribution in [3.8, 4) is 56.0 Å². The molecule has 0 bridgehead atoms. The number of fused-ring (bicyclic) bond motifs is 6. The van der Waals surface area contributed by atoms with Gasteiger partial charge in [0.25, 0.3) is 0 Å². The molecule has 2 nitrogen and oxygen atoms in total. The van der Waals surface area contributed by atoms with Gasteiger partial charge >= 0.3 is 0 Å². The molecule has 6 aromatic carbocycles. The molecule has 0 aliphatic heterocycles. The fourth-order valence-corrected chi connectivity index (χ4v) is 10.1. The van der Waals surface area contributed by atoms with Crippen LogP contribution in [0.25, 0.3) is 44.5 Å². The first kappa shape index (κ1) is 40.7. The van der Waals surface area contributed by atoms with Gasteiger partial charge in [0.15, 0.2) is 0 Å². The average Bonchev–Trinajstić information content (AvgIpc) is 3.84. The highest BCUT2D eigenvalue weighted by molar-refractivity contribution is 5.88. The molecular weight excluding hydrogens is 717 g/mol. The van der Waals surface area contributed by atoms with Gasteiger partial charge in [-0.2, -0.15) is 0 Å². The van der Waals surface area contributed by atoms with Crippen molar-refractivity contribution in [1.82, 2.24) is 0 Å². The lowest BCUT2D eigenvalue weighted by molar-refractivity contribution is 0.464. The lowest BCUT2D eigenvalue weighted by atomic mass is 9.87. The van der Waals surface area contributed by atoms with Crippen molar-refractivity contribution in [3.63, 3.8) is 0 Å². The van der Waals surface area contributed by atoms with E-state index in [1.807, 2.05) is 0 Å². The van der Waals surface area contributed by atoms with Crippen LogP contribution in [0, 0.1) is 0 Å². The van der Waals surface area contributed by atoms with Gasteiger partial charge in [-0.25, -0.2) is 0 Å². The average molecular weight is 781 g/mol. The second-order valence-electron chi connectivity index (χ2n) is 17.6. The first-order valence-corrected chi connectivity index (χ1v) is 23.1. The van der Waals surface area contributed by atoms with Crippen molar-refractivity contribution in [1.29, 1.82) is 0 Å². The molecule has 0 saturated heterocycles. The molecular formula is C57H64O2. The van der Waals surface area contributed by atoms with Gasteiger partial charge in [0.05, 0.1) is 0 Å². The summed E-state index contributed by atoms with van der Waals surface area (Å²) in [6, 6.07) is 39.7. The molecule has 2 aliphatic rings.